The molecule has 0 N–H and O–H groups in total. The number of benzene rings is 7. The first-order chi connectivity index (χ1) is 25.8. The number of pyridine rings is 1. The van der Waals surface area contributed by atoms with E-state index in [1.54, 1.807) is 0 Å². The van der Waals surface area contributed by atoms with E-state index < -0.39 is 0 Å². The van der Waals surface area contributed by atoms with Crippen molar-refractivity contribution in [2.45, 2.75) is 0 Å². The second-order valence-electron chi connectivity index (χ2n) is 13.1. The lowest BCUT2D eigenvalue weighted by atomic mass is 9.95. The molecule has 244 valence electrons. The fourth-order valence-electron chi connectivity index (χ4n) is 7.47. The summed E-state index contributed by atoms with van der Waals surface area (Å²) in [5.74, 6) is 0.928. The first kappa shape index (κ1) is 29.8. The lowest BCUT2D eigenvalue weighted by Gasteiger charge is -2.11. The minimum atomic E-state index is 0.928. The van der Waals surface area contributed by atoms with E-state index in [2.05, 4.69) is 191 Å². The van der Waals surface area contributed by atoms with Crippen molar-refractivity contribution in [3.63, 3.8) is 0 Å². The summed E-state index contributed by atoms with van der Waals surface area (Å²) < 4.78 is 4.38. The summed E-state index contributed by atoms with van der Waals surface area (Å²) in [4.78, 5) is 5.06. The molecule has 0 aliphatic rings. The summed E-state index contributed by atoms with van der Waals surface area (Å²) in [6.45, 7) is 0. The fourth-order valence-corrected chi connectivity index (χ4v) is 7.47. The van der Waals surface area contributed by atoms with Gasteiger partial charge in [0.25, 0.3) is 0 Å². The Bertz CT molecular complexity index is 2850. The van der Waals surface area contributed by atoms with Gasteiger partial charge in [0.1, 0.15) is 11.5 Å². The Balaban J connectivity index is 1.08. The lowest BCUT2D eigenvalue weighted by Crippen LogP contribution is -1.97. The summed E-state index contributed by atoms with van der Waals surface area (Å²) in [6.07, 6.45) is 0. The Morgan fingerprint density at radius 2 is 0.981 bits per heavy atom. The van der Waals surface area contributed by atoms with Crippen LogP contribution in [0.2, 0.25) is 0 Å². The Hall–Kier alpha value is -7.04. The molecule has 0 fully saturated rings. The predicted octanol–water partition coefficient (Wildman–Crippen LogP) is 12.2. The highest BCUT2D eigenvalue weighted by atomic mass is 15.2. The van der Waals surface area contributed by atoms with Crippen LogP contribution >= 0.6 is 0 Å². The number of nitrogens with zero attached hydrogens (tertiary/aromatic N) is 4. The van der Waals surface area contributed by atoms with Crippen molar-refractivity contribution in [2.24, 2.45) is 0 Å². The Morgan fingerprint density at radius 1 is 0.423 bits per heavy atom. The molecule has 4 nitrogen and oxygen atoms in total. The second-order valence-corrected chi connectivity index (χ2v) is 13.1. The van der Waals surface area contributed by atoms with Crippen LogP contribution in [0.15, 0.2) is 194 Å². The van der Waals surface area contributed by atoms with E-state index in [1.165, 1.54) is 10.8 Å². The molecule has 10 aromatic rings. The third-order valence-corrected chi connectivity index (χ3v) is 9.96. The summed E-state index contributed by atoms with van der Waals surface area (Å²) in [5, 5.41) is 7.76. The first-order valence-electron chi connectivity index (χ1n) is 17.6. The monoisotopic (exact) mass is 664 g/mol. The van der Waals surface area contributed by atoms with Gasteiger partial charge in [-0.15, -0.1) is 0 Å². The number of fused-ring (bicyclic) bond motifs is 4. The van der Waals surface area contributed by atoms with Gasteiger partial charge < -0.3 is 0 Å². The molecule has 0 unspecified atom stereocenters. The van der Waals surface area contributed by atoms with Crippen molar-refractivity contribution in [1.82, 2.24) is 19.2 Å². The maximum absolute atomic E-state index is 5.39. The maximum atomic E-state index is 5.39. The van der Waals surface area contributed by atoms with Gasteiger partial charge in [-0.25, -0.2) is 9.50 Å². The summed E-state index contributed by atoms with van der Waals surface area (Å²) in [5.41, 5.74) is 14.1. The summed E-state index contributed by atoms with van der Waals surface area (Å²) in [6, 6.07) is 68.4. The van der Waals surface area contributed by atoms with Crippen molar-refractivity contribution in [3.05, 3.63) is 194 Å². The second kappa shape index (κ2) is 12.4. The van der Waals surface area contributed by atoms with Crippen LogP contribution < -0.4 is 0 Å². The largest absolute Gasteiger partial charge is 0.292 e. The molecule has 0 amide bonds. The summed E-state index contributed by atoms with van der Waals surface area (Å²) >= 11 is 0. The third-order valence-electron chi connectivity index (χ3n) is 9.96. The zero-order valence-electron chi connectivity index (χ0n) is 28.3. The molecule has 3 heterocycles. The van der Waals surface area contributed by atoms with Crippen molar-refractivity contribution < 1.29 is 0 Å². The molecule has 52 heavy (non-hydrogen) atoms. The van der Waals surface area contributed by atoms with E-state index in [1.807, 2.05) is 12.1 Å². The van der Waals surface area contributed by atoms with E-state index in [4.69, 9.17) is 10.1 Å². The van der Waals surface area contributed by atoms with Crippen LogP contribution in [-0.2, 0) is 0 Å². The highest BCUT2D eigenvalue weighted by Gasteiger charge is 2.21. The van der Waals surface area contributed by atoms with Gasteiger partial charge in [-0.05, 0) is 52.4 Å². The highest BCUT2D eigenvalue weighted by molar-refractivity contribution is 6.08. The zero-order valence-corrected chi connectivity index (χ0v) is 28.3. The molecule has 10 rings (SSSR count). The number of para-hydroxylation sites is 3. The molecular formula is C48H32N4. The molecule has 0 saturated heterocycles. The smallest absolute Gasteiger partial charge is 0.145 e. The van der Waals surface area contributed by atoms with Crippen molar-refractivity contribution in [1.29, 1.82) is 0 Å². The molecule has 0 bridgehead atoms. The molecular weight excluding hydrogens is 633 g/mol. The SMILES string of the molecule is c1ccc(-c2c(-c3ccc(-c4ccc(-c5nc6ccccc6n5-c5ccccc5)cc4)cc3)nn3c(-c4ccccc4)cc4ccccc4c23)cc1. The van der Waals surface area contributed by atoms with Gasteiger partial charge >= 0.3 is 0 Å². The minimum absolute atomic E-state index is 0.928. The van der Waals surface area contributed by atoms with Gasteiger partial charge in [0.2, 0.25) is 0 Å². The number of aromatic nitrogens is 4. The van der Waals surface area contributed by atoms with Crippen LogP contribution in [0.4, 0.5) is 0 Å². The average molecular weight is 665 g/mol. The van der Waals surface area contributed by atoms with Crippen LogP contribution in [0.1, 0.15) is 0 Å². The normalized spacial score (nSPS) is 11.5. The van der Waals surface area contributed by atoms with Crippen LogP contribution in [0.25, 0.3) is 89.2 Å². The molecule has 7 aromatic carbocycles. The van der Waals surface area contributed by atoms with Gasteiger partial charge in [-0.3, -0.25) is 4.57 Å². The first-order valence-corrected chi connectivity index (χ1v) is 17.6. The van der Waals surface area contributed by atoms with E-state index >= 15 is 0 Å². The Morgan fingerprint density at radius 3 is 1.69 bits per heavy atom. The molecule has 0 radical (unpaired) electrons. The van der Waals surface area contributed by atoms with E-state index in [0.717, 1.165) is 78.4 Å². The lowest BCUT2D eigenvalue weighted by molar-refractivity contribution is 0.979. The van der Waals surface area contributed by atoms with Crippen LogP contribution in [0.3, 0.4) is 0 Å². The number of hydrogen-bond donors (Lipinski definition) is 0. The molecule has 0 aliphatic heterocycles. The predicted molar refractivity (Wildman–Crippen MR) is 215 cm³/mol. The molecule has 0 spiro atoms. The Kier molecular flexibility index (Phi) is 7.10. The standard InChI is InChI=1S/C48H32N4/c1-4-14-35(15-5-1)44-32-39-18-10-11-21-41(39)47-45(36-16-6-2-7-17-36)46(50-52(44)47)37-28-24-33(25-29-37)34-26-30-38(31-27-34)48-49-42-22-12-13-23-43(42)51(48)40-19-8-3-9-20-40/h1-32H. The third kappa shape index (κ3) is 5.00. The van der Waals surface area contributed by atoms with E-state index in [9.17, 15) is 0 Å². The number of imidazole rings is 1. The van der Waals surface area contributed by atoms with Gasteiger partial charge in [0.05, 0.1) is 22.2 Å². The van der Waals surface area contributed by atoms with E-state index in [0.29, 0.717) is 0 Å². The van der Waals surface area contributed by atoms with E-state index in [-0.39, 0.29) is 0 Å². The molecule has 0 saturated carbocycles. The molecule has 3 aromatic heterocycles. The Labute approximate surface area is 301 Å². The van der Waals surface area contributed by atoms with Gasteiger partial charge in [-0.1, -0.05) is 164 Å². The van der Waals surface area contributed by atoms with Crippen molar-refractivity contribution >= 4 is 27.3 Å². The fraction of sp³-hybridized carbons (Fsp3) is 0. The van der Waals surface area contributed by atoms with Gasteiger partial charge in [0.15, 0.2) is 0 Å². The van der Waals surface area contributed by atoms with Crippen molar-refractivity contribution in [2.75, 3.05) is 0 Å². The molecule has 0 aliphatic carbocycles. The molecule has 4 heteroatoms. The van der Waals surface area contributed by atoms with Crippen LogP contribution in [0, 0.1) is 0 Å². The van der Waals surface area contributed by atoms with Crippen LogP contribution in [-0.4, -0.2) is 19.2 Å². The highest BCUT2D eigenvalue weighted by Crippen LogP contribution is 2.41. The number of rotatable bonds is 6. The average Bonchev–Trinajstić information content (AvgIpc) is 3.82. The van der Waals surface area contributed by atoms with Gasteiger partial charge in [-0.2, -0.15) is 5.10 Å². The van der Waals surface area contributed by atoms with Crippen molar-refractivity contribution in [3.8, 4) is 61.8 Å². The number of hydrogen-bond acceptors (Lipinski definition) is 2. The summed E-state index contributed by atoms with van der Waals surface area (Å²) in [7, 11) is 0. The topological polar surface area (TPSA) is 35.1 Å². The maximum Gasteiger partial charge on any atom is 0.145 e. The zero-order chi connectivity index (χ0) is 34.4. The quantitative estimate of drug-likeness (QED) is 0.177. The van der Waals surface area contributed by atoms with Gasteiger partial charge in [0, 0.05) is 33.3 Å². The molecule has 0 atom stereocenters. The minimum Gasteiger partial charge on any atom is -0.292 e. The van der Waals surface area contributed by atoms with Crippen LogP contribution in [0.5, 0.6) is 0 Å².